The van der Waals surface area contributed by atoms with Crippen molar-refractivity contribution < 1.29 is 9.59 Å². The summed E-state index contributed by atoms with van der Waals surface area (Å²) in [6.07, 6.45) is 8.01. The Balaban J connectivity index is 1.75. The molecule has 5 nitrogen and oxygen atoms in total. The Morgan fingerprint density at radius 2 is 1.81 bits per heavy atom. The summed E-state index contributed by atoms with van der Waals surface area (Å²) in [4.78, 5) is 26.3. The zero-order valence-corrected chi connectivity index (χ0v) is 13.4. The highest BCUT2D eigenvalue weighted by atomic mass is 16.2. The standard InChI is InChI=1S/C16H29N3O2/c1-12-7-6-10-19(11-12)13(2)15(20)18-16(21)17-14-8-4-3-5-9-14/h12-14H,3-11H2,1-2H3,(H2,17,18,20,21). The molecule has 1 heterocycles. The van der Waals surface area contributed by atoms with Crippen molar-refractivity contribution in [1.82, 2.24) is 15.5 Å². The molecule has 2 fully saturated rings. The van der Waals surface area contributed by atoms with Crippen LogP contribution in [0.5, 0.6) is 0 Å². The maximum absolute atomic E-state index is 12.2. The number of likely N-dealkylation sites (tertiary alicyclic amines) is 1. The normalized spacial score (nSPS) is 26.1. The smallest absolute Gasteiger partial charge is 0.321 e. The van der Waals surface area contributed by atoms with Crippen LogP contribution < -0.4 is 10.6 Å². The first kappa shape index (κ1) is 16.3. The molecule has 2 atom stereocenters. The lowest BCUT2D eigenvalue weighted by Crippen LogP contribution is -2.53. The number of amides is 3. The van der Waals surface area contributed by atoms with Gasteiger partial charge in [0.15, 0.2) is 0 Å². The molecule has 0 bridgehead atoms. The van der Waals surface area contributed by atoms with Crippen LogP contribution in [-0.4, -0.2) is 42.0 Å². The van der Waals surface area contributed by atoms with E-state index in [0.29, 0.717) is 5.92 Å². The van der Waals surface area contributed by atoms with Gasteiger partial charge in [0.2, 0.25) is 5.91 Å². The van der Waals surface area contributed by atoms with E-state index in [1.165, 1.54) is 25.7 Å². The van der Waals surface area contributed by atoms with Gasteiger partial charge in [0.1, 0.15) is 0 Å². The number of rotatable bonds is 3. The number of piperidine rings is 1. The zero-order valence-electron chi connectivity index (χ0n) is 13.4. The molecule has 2 unspecified atom stereocenters. The van der Waals surface area contributed by atoms with Crippen molar-refractivity contribution in [3.8, 4) is 0 Å². The van der Waals surface area contributed by atoms with Crippen molar-refractivity contribution in [1.29, 1.82) is 0 Å². The number of hydrogen-bond acceptors (Lipinski definition) is 3. The van der Waals surface area contributed by atoms with Gasteiger partial charge in [0, 0.05) is 12.6 Å². The lowest BCUT2D eigenvalue weighted by molar-refractivity contribution is -0.125. The first-order chi connectivity index (χ1) is 10.1. The molecule has 0 spiro atoms. The van der Waals surface area contributed by atoms with Crippen LogP contribution in [0.25, 0.3) is 0 Å². The van der Waals surface area contributed by atoms with Crippen molar-refractivity contribution in [2.24, 2.45) is 5.92 Å². The molecule has 5 heteroatoms. The van der Waals surface area contributed by atoms with Crippen LogP contribution in [0.3, 0.4) is 0 Å². The first-order valence-corrected chi connectivity index (χ1v) is 8.41. The van der Waals surface area contributed by atoms with Gasteiger partial charge in [0.25, 0.3) is 0 Å². The summed E-state index contributed by atoms with van der Waals surface area (Å²) in [5.41, 5.74) is 0. The summed E-state index contributed by atoms with van der Waals surface area (Å²) < 4.78 is 0. The Morgan fingerprint density at radius 3 is 2.48 bits per heavy atom. The SMILES string of the molecule is CC1CCCN(C(C)C(=O)NC(=O)NC2CCCCC2)C1. The molecule has 21 heavy (non-hydrogen) atoms. The van der Waals surface area contributed by atoms with Crippen LogP contribution in [0.1, 0.15) is 58.8 Å². The molecule has 1 aliphatic carbocycles. The maximum atomic E-state index is 12.2. The molecule has 1 aliphatic heterocycles. The molecule has 1 saturated heterocycles. The van der Waals surface area contributed by atoms with Crippen molar-refractivity contribution in [2.75, 3.05) is 13.1 Å². The third-order valence-electron chi connectivity index (χ3n) is 4.79. The molecule has 2 rings (SSSR count). The van der Waals surface area contributed by atoms with E-state index in [0.717, 1.165) is 32.4 Å². The monoisotopic (exact) mass is 295 g/mol. The molecule has 120 valence electrons. The van der Waals surface area contributed by atoms with Gasteiger partial charge in [-0.2, -0.15) is 0 Å². The van der Waals surface area contributed by atoms with E-state index >= 15 is 0 Å². The summed E-state index contributed by atoms with van der Waals surface area (Å²) in [6.45, 7) is 6.00. The number of carbonyl (C=O) groups excluding carboxylic acids is 2. The van der Waals surface area contributed by atoms with Gasteiger partial charge in [-0.05, 0) is 45.1 Å². The van der Waals surface area contributed by atoms with Crippen LogP contribution in [0, 0.1) is 5.92 Å². The van der Waals surface area contributed by atoms with E-state index in [4.69, 9.17) is 0 Å². The van der Waals surface area contributed by atoms with Crippen LogP contribution in [-0.2, 0) is 4.79 Å². The van der Waals surface area contributed by atoms with Gasteiger partial charge in [-0.15, -0.1) is 0 Å². The lowest BCUT2D eigenvalue weighted by Gasteiger charge is -2.34. The maximum Gasteiger partial charge on any atom is 0.321 e. The first-order valence-electron chi connectivity index (χ1n) is 8.41. The van der Waals surface area contributed by atoms with Crippen LogP contribution in [0.4, 0.5) is 4.79 Å². The number of nitrogens with one attached hydrogen (secondary N) is 2. The minimum Gasteiger partial charge on any atom is -0.335 e. The van der Waals surface area contributed by atoms with E-state index in [9.17, 15) is 9.59 Å². The summed E-state index contributed by atoms with van der Waals surface area (Å²) >= 11 is 0. The topological polar surface area (TPSA) is 61.4 Å². The van der Waals surface area contributed by atoms with Crippen LogP contribution in [0.15, 0.2) is 0 Å². The van der Waals surface area contributed by atoms with E-state index < -0.39 is 0 Å². The van der Waals surface area contributed by atoms with Crippen molar-refractivity contribution in [3.05, 3.63) is 0 Å². The van der Waals surface area contributed by atoms with E-state index in [1.54, 1.807) is 0 Å². The molecule has 0 aromatic rings. The predicted molar refractivity (Wildman–Crippen MR) is 83.0 cm³/mol. The van der Waals surface area contributed by atoms with Crippen molar-refractivity contribution >= 4 is 11.9 Å². The van der Waals surface area contributed by atoms with E-state index in [2.05, 4.69) is 22.5 Å². The number of hydrogen-bond donors (Lipinski definition) is 2. The number of imide groups is 1. The second-order valence-electron chi connectivity index (χ2n) is 6.72. The molecule has 2 N–H and O–H groups in total. The Hall–Kier alpha value is -1.10. The van der Waals surface area contributed by atoms with Crippen molar-refractivity contribution in [2.45, 2.75) is 70.9 Å². The highest BCUT2D eigenvalue weighted by molar-refractivity contribution is 5.96. The summed E-state index contributed by atoms with van der Waals surface area (Å²) in [5.74, 6) is 0.447. The van der Waals surface area contributed by atoms with E-state index in [1.807, 2.05) is 6.92 Å². The Bertz CT molecular complexity index is 367. The number of nitrogens with zero attached hydrogens (tertiary/aromatic N) is 1. The number of carbonyl (C=O) groups is 2. The Morgan fingerprint density at radius 1 is 1.10 bits per heavy atom. The summed E-state index contributed by atoms with van der Waals surface area (Å²) in [6, 6.07) is -0.328. The van der Waals surface area contributed by atoms with Crippen LogP contribution >= 0.6 is 0 Å². The third kappa shape index (κ3) is 4.99. The fourth-order valence-corrected chi connectivity index (χ4v) is 3.43. The van der Waals surface area contributed by atoms with Gasteiger partial charge in [-0.25, -0.2) is 4.79 Å². The molecule has 0 aromatic heterocycles. The molecular weight excluding hydrogens is 266 g/mol. The second-order valence-corrected chi connectivity index (χ2v) is 6.72. The fraction of sp³-hybridized carbons (Fsp3) is 0.875. The van der Waals surface area contributed by atoms with E-state index in [-0.39, 0.29) is 24.0 Å². The molecule has 3 amide bonds. The highest BCUT2D eigenvalue weighted by Crippen LogP contribution is 2.18. The van der Waals surface area contributed by atoms with Gasteiger partial charge in [0.05, 0.1) is 6.04 Å². The highest BCUT2D eigenvalue weighted by Gasteiger charge is 2.27. The molecular formula is C16H29N3O2. The average molecular weight is 295 g/mol. The number of urea groups is 1. The van der Waals surface area contributed by atoms with Gasteiger partial charge in [-0.3, -0.25) is 15.0 Å². The zero-order chi connectivity index (χ0) is 15.2. The van der Waals surface area contributed by atoms with Crippen LogP contribution in [0.2, 0.25) is 0 Å². The third-order valence-corrected chi connectivity index (χ3v) is 4.79. The molecule has 2 aliphatic rings. The minimum absolute atomic E-state index is 0.183. The Labute approximate surface area is 127 Å². The summed E-state index contributed by atoms with van der Waals surface area (Å²) in [7, 11) is 0. The lowest BCUT2D eigenvalue weighted by atomic mass is 9.96. The largest absolute Gasteiger partial charge is 0.335 e. The quantitative estimate of drug-likeness (QED) is 0.839. The molecule has 0 aromatic carbocycles. The Kier molecular flexibility index (Phi) is 6.03. The predicted octanol–water partition coefficient (Wildman–Crippen LogP) is 2.27. The average Bonchev–Trinajstić information content (AvgIpc) is 2.47. The minimum atomic E-state index is -0.330. The summed E-state index contributed by atoms with van der Waals surface area (Å²) in [5, 5.41) is 5.44. The van der Waals surface area contributed by atoms with Gasteiger partial charge >= 0.3 is 6.03 Å². The van der Waals surface area contributed by atoms with Gasteiger partial charge in [-0.1, -0.05) is 26.2 Å². The second kappa shape index (κ2) is 7.78. The molecule has 0 radical (unpaired) electrons. The molecule has 1 saturated carbocycles. The van der Waals surface area contributed by atoms with Crippen molar-refractivity contribution in [3.63, 3.8) is 0 Å². The van der Waals surface area contributed by atoms with Gasteiger partial charge < -0.3 is 5.32 Å². The fourth-order valence-electron chi connectivity index (χ4n) is 3.43.